The molecule has 7 aromatic rings. The summed E-state index contributed by atoms with van der Waals surface area (Å²) in [6.45, 7) is 0. The monoisotopic (exact) mass is 494 g/mol. The fourth-order valence-corrected chi connectivity index (χ4v) is 5.17. The van der Waals surface area contributed by atoms with E-state index in [9.17, 15) is 0 Å². The molecule has 4 nitrogen and oxygen atoms in total. The standard InChI is InChI=1S/C32H19ClN4/c33-32-36-30(21-9-7-8-20(18-21)29-14-5-6-17-34-29)35-31(37-32)22-15-16-27-25-12-2-1-10-23(25)24-11-3-4-13-26(24)28(27)19-22/h1-19H. The lowest BCUT2D eigenvalue weighted by Gasteiger charge is -2.12. The summed E-state index contributed by atoms with van der Waals surface area (Å²) in [5.74, 6) is 1.06. The van der Waals surface area contributed by atoms with Gasteiger partial charge in [-0.05, 0) is 68.2 Å². The number of rotatable bonds is 3. The van der Waals surface area contributed by atoms with Gasteiger partial charge in [-0.1, -0.05) is 84.9 Å². The summed E-state index contributed by atoms with van der Waals surface area (Å²) >= 11 is 6.42. The van der Waals surface area contributed by atoms with Crippen molar-refractivity contribution < 1.29 is 0 Å². The van der Waals surface area contributed by atoms with E-state index in [1.807, 2.05) is 42.5 Å². The van der Waals surface area contributed by atoms with Crippen LogP contribution in [0.25, 0.3) is 66.4 Å². The Kier molecular flexibility index (Phi) is 5.12. The number of pyridine rings is 1. The summed E-state index contributed by atoms with van der Waals surface area (Å²) in [5.41, 5.74) is 3.61. The van der Waals surface area contributed by atoms with E-state index in [1.165, 1.54) is 26.9 Å². The van der Waals surface area contributed by atoms with E-state index >= 15 is 0 Å². The van der Waals surface area contributed by atoms with E-state index < -0.39 is 0 Å². The zero-order valence-electron chi connectivity index (χ0n) is 19.6. The van der Waals surface area contributed by atoms with Gasteiger partial charge in [0.1, 0.15) is 0 Å². The number of halogens is 1. The molecule has 2 aromatic heterocycles. The molecule has 0 unspecified atom stereocenters. The van der Waals surface area contributed by atoms with Gasteiger partial charge < -0.3 is 0 Å². The Bertz CT molecular complexity index is 1920. The molecular weight excluding hydrogens is 476 g/mol. The predicted octanol–water partition coefficient (Wildman–Crippen LogP) is 8.38. The van der Waals surface area contributed by atoms with Gasteiger partial charge in [-0.3, -0.25) is 4.98 Å². The van der Waals surface area contributed by atoms with Crippen molar-refractivity contribution >= 4 is 43.9 Å². The number of benzene rings is 5. The van der Waals surface area contributed by atoms with Gasteiger partial charge in [0.25, 0.3) is 0 Å². The number of fused-ring (bicyclic) bond motifs is 6. The second kappa shape index (κ2) is 8.77. The zero-order valence-corrected chi connectivity index (χ0v) is 20.4. The highest BCUT2D eigenvalue weighted by Crippen LogP contribution is 2.37. The third-order valence-electron chi connectivity index (χ3n) is 6.69. The van der Waals surface area contributed by atoms with Crippen LogP contribution in [0, 0.1) is 0 Å². The minimum absolute atomic E-state index is 0.159. The molecule has 0 saturated heterocycles. The summed E-state index contributed by atoms with van der Waals surface area (Å²) in [7, 11) is 0. The lowest BCUT2D eigenvalue weighted by Crippen LogP contribution is -1.97. The van der Waals surface area contributed by atoms with E-state index in [-0.39, 0.29) is 5.28 Å². The zero-order chi connectivity index (χ0) is 24.8. The van der Waals surface area contributed by atoms with Crippen LogP contribution in [-0.2, 0) is 0 Å². The van der Waals surface area contributed by atoms with Crippen LogP contribution in [0.3, 0.4) is 0 Å². The van der Waals surface area contributed by atoms with Gasteiger partial charge >= 0.3 is 0 Å². The summed E-state index contributed by atoms with van der Waals surface area (Å²) in [6, 6.07) is 37.3. The fourth-order valence-electron chi connectivity index (χ4n) is 5.01. The molecule has 0 aliphatic carbocycles. The number of hydrogen-bond donors (Lipinski definition) is 0. The van der Waals surface area contributed by atoms with Crippen LogP contribution in [0.15, 0.2) is 115 Å². The summed E-state index contributed by atoms with van der Waals surface area (Å²) in [5, 5.41) is 7.40. The van der Waals surface area contributed by atoms with Gasteiger partial charge in [0.2, 0.25) is 5.28 Å². The Morgan fingerprint density at radius 2 is 1.00 bits per heavy atom. The average molecular weight is 495 g/mol. The molecular formula is C32H19ClN4. The van der Waals surface area contributed by atoms with Crippen molar-refractivity contribution in [1.82, 2.24) is 19.9 Å². The fraction of sp³-hybridized carbons (Fsp3) is 0. The molecule has 0 bridgehead atoms. The molecule has 0 fully saturated rings. The van der Waals surface area contributed by atoms with Crippen molar-refractivity contribution in [1.29, 1.82) is 0 Å². The van der Waals surface area contributed by atoms with Crippen LogP contribution in [0.1, 0.15) is 0 Å². The highest BCUT2D eigenvalue weighted by molar-refractivity contribution is 6.28. The Labute approximate surface area is 218 Å². The largest absolute Gasteiger partial charge is 0.256 e. The molecule has 0 saturated carbocycles. The maximum Gasteiger partial charge on any atom is 0.226 e. The number of aromatic nitrogens is 4. The molecule has 2 heterocycles. The highest BCUT2D eigenvalue weighted by atomic mass is 35.5. The van der Waals surface area contributed by atoms with Crippen molar-refractivity contribution in [2.75, 3.05) is 0 Å². The molecule has 0 radical (unpaired) electrons. The van der Waals surface area contributed by atoms with Crippen LogP contribution >= 0.6 is 11.6 Å². The van der Waals surface area contributed by atoms with E-state index in [0.717, 1.165) is 27.8 Å². The van der Waals surface area contributed by atoms with E-state index in [2.05, 4.69) is 81.7 Å². The molecule has 0 spiro atoms. The van der Waals surface area contributed by atoms with Gasteiger partial charge in [0, 0.05) is 22.9 Å². The molecule has 0 aliphatic heterocycles. The predicted molar refractivity (Wildman–Crippen MR) is 151 cm³/mol. The van der Waals surface area contributed by atoms with E-state index in [4.69, 9.17) is 16.6 Å². The topological polar surface area (TPSA) is 51.6 Å². The normalized spacial score (nSPS) is 11.4. The first-order valence-corrected chi connectivity index (χ1v) is 12.4. The van der Waals surface area contributed by atoms with Crippen LogP contribution < -0.4 is 0 Å². The van der Waals surface area contributed by atoms with Crippen molar-refractivity contribution in [3.63, 3.8) is 0 Å². The quantitative estimate of drug-likeness (QED) is 0.231. The molecule has 0 aliphatic rings. The van der Waals surface area contributed by atoms with Gasteiger partial charge in [-0.25, -0.2) is 4.98 Å². The summed E-state index contributed by atoms with van der Waals surface area (Å²) < 4.78 is 0. The Morgan fingerprint density at radius 3 is 1.65 bits per heavy atom. The number of hydrogen-bond acceptors (Lipinski definition) is 4. The number of nitrogens with zero attached hydrogens (tertiary/aromatic N) is 4. The van der Waals surface area contributed by atoms with Gasteiger partial charge in [-0.15, -0.1) is 0 Å². The minimum atomic E-state index is 0.159. The van der Waals surface area contributed by atoms with Crippen LogP contribution in [0.2, 0.25) is 5.28 Å². The lowest BCUT2D eigenvalue weighted by atomic mass is 9.93. The first-order valence-electron chi connectivity index (χ1n) is 12.0. The first-order chi connectivity index (χ1) is 18.2. The molecule has 0 amide bonds. The maximum absolute atomic E-state index is 6.42. The molecule has 0 N–H and O–H groups in total. The Morgan fingerprint density at radius 1 is 0.432 bits per heavy atom. The second-order valence-corrected chi connectivity index (χ2v) is 9.24. The third-order valence-corrected chi connectivity index (χ3v) is 6.86. The molecule has 5 heteroatoms. The van der Waals surface area contributed by atoms with Crippen molar-refractivity contribution in [2.45, 2.75) is 0 Å². The van der Waals surface area contributed by atoms with Crippen molar-refractivity contribution in [3.8, 4) is 34.0 Å². The Balaban J connectivity index is 1.40. The highest BCUT2D eigenvalue weighted by Gasteiger charge is 2.13. The summed E-state index contributed by atoms with van der Waals surface area (Å²) in [4.78, 5) is 18.2. The maximum atomic E-state index is 6.42. The van der Waals surface area contributed by atoms with Crippen molar-refractivity contribution in [3.05, 3.63) is 121 Å². The van der Waals surface area contributed by atoms with Crippen LogP contribution in [-0.4, -0.2) is 19.9 Å². The van der Waals surface area contributed by atoms with Gasteiger partial charge in [-0.2, -0.15) is 9.97 Å². The first kappa shape index (κ1) is 21.6. The SMILES string of the molecule is Clc1nc(-c2cccc(-c3ccccn3)c2)nc(-c2ccc3c4ccccc4c4ccccc4c3c2)n1. The lowest BCUT2D eigenvalue weighted by molar-refractivity contribution is 1.07. The molecule has 37 heavy (non-hydrogen) atoms. The molecule has 0 atom stereocenters. The summed E-state index contributed by atoms with van der Waals surface area (Å²) in [6.07, 6.45) is 1.78. The van der Waals surface area contributed by atoms with Crippen LogP contribution in [0.5, 0.6) is 0 Å². The minimum Gasteiger partial charge on any atom is -0.256 e. The van der Waals surface area contributed by atoms with Gasteiger partial charge in [0.05, 0.1) is 5.69 Å². The van der Waals surface area contributed by atoms with Crippen molar-refractivity contribution in [2.24, 2.45) is 0 Å². The van der Waals surface area contributed by atoms with E-state index in [0.29, 0.717) is 11.6 Å². The molecule has 7 rings (SSSR count). The molecule has 5 aromatic carbocycles. The average Bonchev–Trinajstić information content (AvgIpc) is 2.97. The van der Waals surface area contributed by atoms with Gasteiger partial charge in [0.15, 0.2) is 11.6 Å². The molecule has 174 valence electrons. The van der Waals surface area contributed by atoms with E-state index in [1.54, 1.807) is 6.20 Å². The second-order valence-electron chi connectivity index (χ2n) is 8.90. The third kappa shape index (κ3) is 3.79. The Hall–Kier alpha value is -4.67. The smallest absolute Gasteiger partial charge is 0.226 e. The van der Waals surface area contributed by atoms with Crippen LogP contribution in [0.4, 0.5) is 0 Å².